The highest BCUT2D eigenvalue weighted by atomic mass is 16.6. The fourth-order valence-corrected chi connectivity index (χ4v) is 4.63. The number of carbonyl (C=O) groups excluding carboxylic acids is 2. The summed E-state index contributed by atoms with van der Waals surface area (Å²) in [4.78, 5) is 24.0. The Balaban J connectivity index is 4.09. The van der Waals surface area contributed by atoms with Crippen LogP contribution in [0.5, 0.6) is 0 Å². The van der Waals surface area contributed by atoms with Crippen molar-refractivity contribution in [1.29, 1.82) is 0 Å². The first-order valence-corrected chi connectivity index (χ1v) is 19.6. The summed E-state index contributed by atoms with van der Waals surface area (Å²) in [6, 6.07) is 0. The first kappa shape index (κ1) is 47.8. The molecule has 0 heterocycles. The van der Waals surface area contributed by atoms with Crippen molar-refractivity contribution in [3.63, 3.8) is 0 Å². The Kier molecular flexibility index (Phi) is 37.9. The molecule has 0 spiro atoms. The Morgan fingerprint density at radius 2 is 0.769 bits per heavy atom. The molecule has 0 aliphatic carbocycles. The Hall–Kier alpha value is -4.22. The molecule has 5 nitrogen and oxygen atoms in total. The van der Waals surface area contributed by atoms with Crippen molar-refractivity contribution >= 4 is 11.9 Å². The molecule has 5 heteroatoms. The highest BCUT2D eigenvalue weighted by Crippen LogP contribution is 2.09. The van der Waals surface area contributed by atoms with Crippen LogP contribution in [0.4, 0.5) is 0 Å². The third-order valence-corrected chi connectivity index (χ3v) is 7.58. The fourth-order valence-electron chi connectivity index (χ4n) is 4.63. The van der Waals surface area contributed by atoms with E-state index in [9.17, 15) is 14.7 Å². The van der Waals surface area contributed by atoms with E-state index in [0.29, 0.717) is 0 Å². The summed E-state index contributed by atoms with van der Waals surface area (Å²) in [6.45, 7) is 3.79. The van der Waals surface area contributed by atoms with Crippen molar-refractivity contribution in [3.8, 4) is 0 Å². The zero-order valence-corrected chi connectivity index (χ0v) is 32.2. The van der Waals surface area contributed by atoms with Crippen molar-refractivity contribution in [1.82, 2.24) is 0 Å². The van der Waals surface area contributed by atoms with Crippen molar-refractivity contribution in [2.45, 2.75) is 123 Å². The average molecular weight is 713 g/mol. The number of aliphatic hydroxyl groups is 1. The molecule has 0 aromatic rings. The second-order valence-electron chi connectivity index (χ2n) is 12.3. The van der Waals surface area contributed by atoms with Crippen LogP contribution in [0.15, 0.2) is 146 Å². The van der Waals surface area contributed by atoms with E-state index in [2.05, 4.69) is 38.2 Å². The van der Waals surface area contributed by atoms with Gasteiger partial charge in [0.15, 0.2) is 6.10 Å². The van der Waals surface area contributed by atoms with Gasteiger partial charge in [-0.1, -0.05) is 225 Å². The van der Waals surface area contributed by atoms with Crippen LogP contribution in [0.2, 0.25) is 0 Å². The molecule has 1 N–H and O–H groups in total. The smallest absolute Gasteiger partial charge is 0.331 e. The van der Waals surface area contributed by atoms with Crippen molar-refractivity contribution in [2.24, 2.45) is 0 Å². The molecule has 0 bridgehead atoms. The molecule has 0 aromatic heterocycles. The molecule has 0 aliphatic rings. The minimum Gasteiger partial charge on any atom is -0.458 e. The van der Waals surface area contributed by atoms with E-state index in [1.807, 2.05) is 72.9 Å². The van der Waals surface area contributed by atoms with Gasteiger partial charge in [0.2, 0.25) is 0 Å². The topological polar surface area (TPSA) is 72.8 Å². The number of carbonyl (C=O) groups is 2. The van der Waals surface area contributed by atoms with Crippen LogP contribution in [-0.4, -0.2) is 36.4 Å². The Bertz CT molecular complexity index is 1220. The molecule has 0 aromatic carbocycles. The highest BCUT2D eigenvalue weighted by molar-refractivity contribution is 5.83. The predicted molar refractivity (Wildman–Crippen MR) is 223 cm³/mol. The van der Waals surface area contributed by atoms with Crippen LogP contribution in [0.25, 0.3) is 0 Å². The summed E-state index contributed by atoms with van der Waals surface area (Å²) < 4.78 is 10.2. The van der Waals surface area contributed by atoms with Gasteiger partial charge >= 0.3 is 11.9 Å². The lowest BCUT2D eigenvalue weighted by Crippen LogP contribution is -2.27. The quantitative estimate of drug-likeness (QED) is 0.0325. The molecule has 1 atom stereocenters. The van der Waals surface area contributed by atoms with Crippen LogP contribution >= 0.6 is 0 Å². The lowest BCUT2D eigenvalue weighted by atomic mass is 10.1. The third-order valence-electron chi connectivity index (χ3n) is 7.58. The van der Waals surface area contributed by atoms with Gasteiger partial charge in [-0.05, 0) is 25.7 Å². The number of allylic oxidation sites excluding steroid dienone is 22. The summed E-state index contributed by atoms with van der Waals surface area (Å²) in [5.41, 5.74) is 0. The standard InChI is InChI=1S/C47H68O5/c1-3-5-7-9-11-13-15-17-19-21-23-25-27-29-31-33-35-37-39-41-46(49)51-44-45(43-48)52-47(50)42-40-38-36-34-32-30-28-26-24-22-20-18-16-14-12-10-8-6-4-2/h19-42,45,48H,3-18,43-44H2,1-2H3/t45-/m0/s1. The van der Waals surface area contributed by atoms with Gasteiger partial charge in [0.1, 0.15) is 6.61 Å². The summed E-state index contributed by atoms with van der Waals surface area (Å²) in [5.74, 6) is -1.24. The summed E-state index contributed by atoms with van der Waals surface area (Å²) in [6.07, 6.45) is 64.4. The van der Waals surface area contributed by atoms with Crippen molar-refractivity contribution in [3.05, 3.63) is 146 Å². The summed E-state index contributed by atoms with van der Waals surface area (Å²) >= 11 is 0. The van der Waals surface area contributed by atoms with Gasteiger partial charge in [-0.25, -0.2) is 9.59 Å². The maximum absolute atomic E-state index is 12.0. The second kappa shape index (κ2) is 41.2. The maximum atomic E-state index is 12.0. The monoisotopic (exact) mass is 713 g/mol. The molecular weight excluding hydrogens is 645 g/mol. The molecule has 0 amide bonds. The number of hydrogen-bond acceptors (Lipinski definition) is 5. The predicted octanol–water partition coefficient (Wildman–Crippen LogP) is 12.4. The maximum Gasteiger partial charge on any atom is 0.331 e. The fraction of sp³-hybridized carbons (Fsp3) is 0.447. The van der Waals surface area contributed by atoms with Crippen molar-refractivity contribution in [2.75, 3.05) is 13.2 Å². The zero-order chi connectivity index (χ0) is 37.8. The van der Waals surface area contributed by atoms with Crippen LogP contribution in [0.3, 0.4) is 0 Å². The minimum atomic E-state index is -0.952. The van der Waals surface area contributed by atoms with Gasteiger partial charge in [-0.15, -0.1) is 0 Å². The molecule has 0 fully saturated rings. The van der Waals surface area contributed by atoms with Gasteiger partial charge < -0.3 is 14.6 Å². The molecule has 0 saturated carbocycles. The first-order chi connectivity index (χ1) is 25.6. The molecule has 0 saturated heterocycles. The molecule has 0 radical (unpaired) electrons. The van der Waals surface area contributed by atoms with E-state index in [4.69, 9.17) is 9.47 Å². The van der Waals surface area contributed by atoms with Crippen LogP contribution in [0.1, 0.15) is 117 Å². The van der Waals surface area contributed by atoms with Crippen molar-refractivity contribution < 1.29 is 24.2 Å². The van der Waals surface area contributed by atoms with E-state index < -0.39 is 24.6 Å². The van der Waals surface area contributed by atoms with Gasteiger partial charge in [0.05, 0.1) is 6.61 Å². The Morgan fingerprint density at radius 1 is 0.442 bits per heavy atom. The third kappa shape index (κ3) is 38.6. The van der Waals surface area contributed by atoms with Gasteiger partial charge in [-0.3, -0.25) is 0 Å². The number of unbranched alkanes of at least 4 members (excludes halogenated alkanes) is 14. The number of esters is 2. The molecule has 52 heavy (non-hydrogen) atoms. The van der Waals surface area contributed by atoms with Crippen LogP contribution < -0.4 is 0 Å². The van der Waals surface area contributed by atoms with Gasteiger partial charge in [0.25, 0.3) is 0 Å². The number of ether oxygens (including phenoxy) is 2. The second-order valence-corrected chi connectivity index (χ2v) is 12.3. The molecule has 286 valence electrons. The largest absolute Gasteiger partial charge is 0.458 e. The lowest BCUT2D eigenvalue weighted by molar-refractivity contribution is -0.154. The van der Waals surface area contributed by atoms with Crippen LogP contribution in [-0.2, 0) is 19.1 Å². The van der Waals surface area contributed by atoms with E-state index in [0.717, 1.165) is 12.8 Å². The molecule has 0 rings (SSSR count). The normalized spacial score (nSPS) is 13.8. The zero-order valence-electron chi connectivity index (χ0n) is 32.2. The average Bonchev–Trinajstić information content (AvgIpc) is 3.15. The van der Waals surface area contributed by atoms with Gasteiger partial charge in [-0.2, -0.15) is 0 Å². The van der Waals surface area contributed by atoms with E-state index >= 15 is 0 Å². The molecule has 0 unspecified atom stereocenters. The van der Waals surface area contributed by atoms with E-state index in [-0.39, 0.29) is 6.61 Å². The first-order valence-electron chi connectivity index (χ1n) is 19.6. The number of rotatable bonds is 32. The molecule has 0 aliphatic heterocycles. The number of aliphatic hydroxyl groups excluding tert-OH is 1. The van der Waals surface area contributed by atoms with E-state index in [1.165, 1.54) is 102 Å². The Morgan fingerprint density at radius 3 is 1.15 bits per heavy atom. The van der Waals surface area contributed by atoms with Gasteiger partial charge in [0, 0.05) is 12.2 Å². The summed E-state index contributed by atoms with van der Waals surface area (Å²) in [5, 5.41) is 9.49. The molecular formula is C47H68O5. The summed E-state index contributed by atoms with van der Waals surface area (Å²) in [7, 11) is 0. The van der Waals surface area contributed by atoms with E-state index in [1.54, 1.807) is 36.5 Å². The van der Waals surface area contributed by atoms with Crippen LogP contribution in [0, 0.1) is 0 Å². The Labute approximate surface area is 317 Å². The highest BCUT2D eigenvalue weighted by Gasteiger charge is 2.13. The minimum absolute atomic E-state index is 0.246. The number of hydrogen-bond donors (Lipinski definition) is 1. The SMILES string of the molecule is CCCCCCCCCC=CC=CC=CC=CC=CC=CC(=O)OC[C@H](CO)OC(=O)C=CC=CC=CC=CC=CC=CCCCCCCCCC. The lowest BCUT2D eigenvalue weighted by Gasteiger charge is -2.13.